The molecule has 0 aliphatic heterocycles. The molecule has 1 aromatic heterocycles. The maximum atomic E-state index is 10.2. The Morgan fingerprint density at radius 1 is 1.47 bits per heavy atom. The summed E-state index contributed by atoms with van der Waals surface area (Å²) in [4.78, 5) is 4.00. The molecule has 2 aromatic rings. The van der Waals surface area contributed by atoms with Gasteiger partial charge >= 0.3 is 0 Å². The number of aliphatic hydroxyl groups excluding tert-OH is 1. The van der Waals surface area contributed by atoms with Crippen LogP contribution in [0.5, 0.6) is 5.75 Å². The molecule has 17 heavy (non-hydrogen) atoms. The van der Waals surface area contributed by atoms with E-state index in [1.165, 1.54) is 0 Å². The lowest BCUT2D eigenvalue weighted by molar-refractivity contribution is 0.210. The second kappa shape index (κ2) is 5.01. The quantitative estimate of drug-likeness (QED) is 0.875. The van der Waals surface area contributed by atoms with Gasteiger partial charge in [0.2, 0.25) is 0 Å². The molecule has 1 aromatic carbocycles. The lowest BCUT2D eigenvalue weighted by Crippen LogP contribution is -2.05. The van der Waals surface area contributed by atoms with Crippen LogP contribution in [0.15, 0.2) is 36.8 Å². The average Bonchev–Trinajstić information content (AvgIpc) is 2.75. The molecule has 0 fully saturated rings. The molecule has 0 aliphatic rings. The fourth-order valence-corrected chi connectivity index (χ4v) is 1.74. The van der Waals surface area contributed by atoms with Gasteiger partial charge in [0.15, 0.2) is 0 Å². The van der Waals surface area contributed by atoms with Crippen molar-refractivity contribution in [1.82, 2.24) is 9.55 Å². The SMILES string of the molecule is CCOc1cccc(C(O)c2cncn2C)c1. The van der Waals surface area contributed by atoms with E-state index in [0.29, 0.717) is 6.61 Å². The fourth-order valence-electron chi connectivity index (χ4n) is 1.74. The summed E-state index contributed by atoms with van der Waals surface area (Å²) in [5.74, 6) is 0.770. The third-order valence-electron chi connectivity index (χ3n) is 2.62. The Morgan fingerprint density at radius 3 is 2.94 bits per heavy atom. The summed E-state index contributed by atoms with van der Waals surface area (Å²) in [5, 5.41) is 10.2. The molecule has 0 bridgehead atoms. The molecule has 0 saturated heterocycles. The van der Waals surface area contributed by atoms with Crippen LogP contribution in [0.2, 0.25) is 0 Å². The normalized spacial score (nSPS) is 12.4. The van der Waals surface area contributed by atoms with E-state index in [2.05, 4.69) is 4.98 Å². The van der Waals surface area contributed by atoms with E-state index in [9.17, 15) is 5.11 Å². The zero-order chi connectivity index (χ0) is 12.3. The Bertz CT molecular complexity index is 494. The Labute approximate surface area is 100 Å². The van der Waals surface area contributed by atoms with Crippen molar-refractivity contribution in [1.29, 1.82) is 0 Å². The van der Waals surface area contributed by atoms with Crippen molar-refractivity contribution in [2.75, 3.05) is 6.61 Å². The van der Waals surface area contributed by atoms with Crippen LogP contribution < -0.4 is 4.74 Å². The maximum absolute atomic E-state index is 10.2. The van der Waals surface area contributed by atoms with Gasteiger partial charge in [0.25, 0.3) is 0 Å². The fraction of sp³-hybridized carbons (Fsp3) is 0.308. The lowest BCUT2D eigenvalue weighted by Gasteiger charge is -2.13. The van der Waals surface area contributed by atoms with Crippen molar-refractivity contribution in [3.05, 3.63) is 48.0 Å². The summed E-state index contributed by atoms with van der Waals surface area (Å²) in [6.07, 6.45) is 2.66. The van der Waals surface area contributed by atoms with Crippen LogP contribution in [-0.4, -0.2) is 21.3 Å². The van der Waals surface area contributed by atoms with E-state index >= 15 is 0 Å². The zero-order valence-corrected chi connectivity index (χ0v) is 10.00. The predicted octanol–water partition coefficient (Wildman–Crippen LogP) is 1.90. The molecule has 2 rings (SSSR count). The summed E-state index contributed by atoms with van der Waals surface area (Å²) < 4.78 is 7.21. The summed E-state index contributed by atoms with van der Waals surface area (Å²) in [7, 11) is 1.86. The largest absolute Gasteiger partial charge is 0.494 e. The van der Waals surface area contributed by atoms with Crippen molar-refractivity contribution >= 4 is 0 Å². The molecule has 0 aliphatic carbocycles. The third-order valence-corrected chi connectivity index (χ3v) is 2.62. The van der Waals surface area contributed by atoms with Gasteiger partial charge in [-0.3, -0.25) is 0 Å². The Morgan fingerprint density at radius 2 is 2.29 bits per heavy atom. The lowest BCUT2D eigenvalue weighted by atomic mass is 10.1. The molecule has 1 unspecified atom stereocenters. The number of hydrogen-bond acceptors (Lipinski definition) is 3. The predicted molar refractivity (Wildman–Crippen MR) is 64.9 cm³/mol. The Kier molecular flexibility index (Phi) is 3.44. The van der Waals surface area contributed by atoms with Crippen molar-refractivity contribution in [3.63, 3.8) is 0 Å². The van der Waals surface area contributed by atoms with Gasteiger partial charge in [0.05, 0.1) is 24.8 Å². The average molecular weight is 232 g/mol. The molecule has 0 saturated carbocycles. The van der Waals surface area contributed by atoms with Crippen LogP contribution in [0.4, 0.5) is 0 Å². The van der Waals surface area contributed by atoms with Crippen molar-refractivity contribution in [2.45, 2.75) is 13.0 Å². The second-order valence-corrected chi connectivity index (χ2v) is 3.84. The molecule has 0 amide bonds. The molecular weight excluding hydrogens is 216 g/mol. The van der Waals surface area contributed by atoms with E-state index in [1.54, 1.807) is 17.1 Å². The first-order chi connectivity index (χ1) is 8.22. The highest BCUT2D eigenvalue weighted by Gasteiger charge is 2.14. The summed E-state index contributed by atoms with van der Waals surface area (Å²) in [6, 6.07) is 7.48. The van der Waals surface area contributed by atoms with Crippen molar-refractivity contribution in [3.8, 4) is 5.75 Å². The van der Waals surface area contributed by atoms with Crippen LogP contribution in [0.3, 0.4) is 0 Å². The van der Waals surface area contributed by atoms with Gasteiger partial charge < -0.3 is 14.4 Å². The highest BCUT2D eigenvalue weighted by atomic mass is 16.5. The van der Waals surface area contributed by atoms with E-state index in [0.717, 1.165) is 17.0 Å². The number of hydrogen-bond donors (Lipinski definition) is 1. The summed E-state index contributed by atoms with van der Waals surface area (Å²) in [5.41, 5.74) is 1.57. The van der Waals surface area contributed by atoms with Crippen LogP contribution in [0.25, 0.3) is 0 Å². The molecule has 4 heteroatoms. The van der Waals surface area contributed by atoms with Crippen LogP contribution >= 0.6 is 0 Å². The van der Waals surface area contributed by atoms with Crippen LogP contribution in [0, 0.1) is 0 Å². The molecule has 0 radical (unpaired) electrons. The molecule has 1 atom stereocenters. The van der Waals surface area contributed by atoms with E-state index in [1.807, 2.05) is 38.2 Å². The molecule has 1 heterocycles. The van der Waals surface area contributed by atoms with Crippen LogP contribution in [-0.2, 0) is 7.05 Å². The number of aryl methyl sites for hydroxylation is 1. The first-order valence-electron chi connectivity index (χ1n) is 5.59. The maximum Gasteiger partial charge on any atom is 0.121 e. The van der Waals surface area contributed by atoms with Crippen molar-refractivity contribution in [2.24, 2.45) is 7.05 Å². The van der Waals surface area contributed by atoms with Gasteiger partial charge in [0, 0.05) is 7.05 Å². The van der Waals surface area contributed by atoms with E-state index in [4.69, 9.17) is 4.74 Å². The second-order valence-electron chi connectivity index (χ2n) is 3.84. The number of aliphatic hydroxyl groups is 1. The topological polar surface area (TPSA) is 47.3 Å². The standard InChI is InChI=1S/C13H16N2O2/c1-3-17-11-6-4-5-10(7-11)13(16)12-8-14-9-15(12)2/h4-9,13,16H,3H2,1-2H3. The minimum Gasteiger partial charge on any atom is -0.494 e. The third kappa shape index (κ3) is 2.47. The van der Waals surface area contributed by atoms with Gasteiger partial charge in [-0.25, -0.2) is 4.98 Å². The van der Waals surface area contributed by atoms with Gasteiger partial charge in [-0.15, -0.1) is 0 Å². The van der Waals surface area contributed by atoms with Crippen molar-refractivity contribution < 1.29 is 9.84 Å². The van der Waals surface area contributed by atoms with E-state index < -0.39 is 6.10 Å². The molecule has 1 N–H and O–H groups in total. The minimum atomic E-state index is -0.678. The molecule has 4 nitrogen and oxygen atoms in total. The summed E-state index contributed by atoms with van der Waals surface area (Å²) in [6.45, 7) is 2.55. The number of imidazole rings is 1. The molecular formula is C13H16N2O2. The number of benzene rings is 1. The number of aromatic nitrogens is 2. The van der Waals surface area contributed by atoms with E-state index in [-0.39, 0.29) is 0 Å². The highest BCUT2D eigenvalue weighted by Crippen LogP contribution is 2.24. The zero-order valence-electron chi connectivity index (χ0n) is 10.00. The van der Waals surface area contributed by atoms with Gasteiger partial charge in [0.1, 0.15) is 11.9 Å². The number of ether oxygens (including phenoxy) is 1. The first-order valence-corrected chi connectivity index (χ1v) is 5.59. The monoisotopic (exact) mass is 232 g/mol. The van der Waals surface area contributed by atoms with Gasteiger partial charge in [-0.2, -0.15) is 0 Å². The smallest absolute Gasteiger partial charge is 0.121 e. The summed E-state index contributed by atoms with van der Waals surface area (Å²) >= 11 is 0. The highest BCUT2D eigenvalue weighted by molar-refractivity contribution is 5.33. The van der Waals surface area contributed by atoms with Gasteiger partial charge in [-0.1, -0.05) is 12.1 Å². The molecule has 90 valence electrons. The molecule has 0 spiro atoms. The minimum absolute atomic E-state index is 0.616. The number of rotatable bonds is 4. The first kappa shape index (κ1) is 11.7. The Balaban J connectivity index is 2.28. The Hall–Kier alpha value is -1.81. The van der Waals surface area contributed by atoms with Crippen LogP contribution in [0.1, 0.15) is 24.3 Å². The van der Waals surface area contributed by atoms with Gasteiger partial charge in [-0.05, 0) is 24.6 Å². The number of nitrogens with zero attached hydrogens (tertiary/aromatic N) is 2.